The van der Waals surface area contributed by atoms with Crippen LogP contribution < -0.4 is 10.9 Å². The van der Waals surface area contributed by atoms with Gasteiger partial charge in [-0.3, -0.25) is 14.6 Å². The maximum Gasteiger partial charge on any atom is 0.263 e. The average molecular weight is 575 g/mol. The van der Waals surface area contributed by atoms with Crippen molar-refractivity contribution in [2.24, 2.45) is 0 Å². The fraction of sp³-hybridized carbons (Fsp3) is 0.250. The van der Waals surface area contributed by atoms with E-state index in [1.165, 1.54) is 39.4 Å². The largest absolute Gasteiger partial charge is 0.306 e. The smallest absolute Gasteiger partial charge is 0.263 e. The Balaban J connectivity index is 1.49. The number of nitrogens with zero attached hydrogens (tertiary/aromatic N) is 6. The maximum absolute atomic E-state index is 13.1. The molecular formula is C28H30N8O4S. The number of hydrogen-bond donors (Lipinski definition) is 2. The second kappa shape index (κ2) is 10.7. The Kier molecular flexibility index (Phi) is 7.32. The van der Waals surface area contributed by atoms with Crippen LogP contribution in [-0.4, -0.2) is 61.2 Å². The third kappa shape index (κ3) is 5.05. The third-order valence-electron chi connectivity index (χ3n) is 6.96. The van der Waals surface area contributed by atoms with E-state index in [1.807, 2.05) is 32.0 Å². The van der Waals surface area contributed by atoms with E-state index in [4.69, 9.17) is 0 Å². The lowest BCUT2D eigenvalue weighted by Gasteiger charge is -2.18. The molecule has 0 saturated heterocycles. The highest BCUT2D eigenvalue weighted by atomic mass is 32.2. The van der Waals surface area contributed by atoms with Gasteiger partial charge in [-0.25, -0.2) is 13.1 Å². The van der Waals surface area contributed by atoms with Gasteiger partial charge in [0.1, 0.15) is 11.2 Å². The van der Waals surface area contributed by atoms with Crippen LogP contribution in [-0.2, 0) is 10.0 Å². The van der Waals surface area contributed by atoms with Crippen molar-refractivity contribution >= 4 is 32.8 Å². The highest BCUT2D eigenvalue weighted by Crippen LogP contribution is 2.22. The van der Waals surface area contributed by atoms with Crippen LogP contribution in [0, 0.1) is 20.8 Å². The summed E-state index contributed by atoms with van der Waals surface area (Å²) in [5.74, 6) is -0.118. The Bertz CT molecular complexity index is 1930. The third-order valence-corrected chi connectivity index (χ3v) is 9.03. The van der Waals surface area contributed by atoms with Crippen LogP contribution in [0.4, 0.5) is 5.82 Å². The van der Waals surface area contributed by atoms with Gasteiger partial charge in [-0.1, -0.05) is 26.0 Å². The molecular weight excluding hydrogens is 544 g/mol. The average Bonchev–Trinajstić information content (AvgIpc) is 3.54. The summed E-state index contributed by atoms with van der Waals surface area (Å²) < 4.78 is 29.9. The van der Waals surface area contributed by atoms with Crippen LogP contribution >= 0.6 is 0 Å². The first kappa shape index (κ1) is 27.9. The standard InChI is InChI=1S/C28H30N8O4S/c1-6-34(7-2)41(39,40)21-13-11-20(12-14-21)26(37)30-24-15-18(4)33-36(24)28-31-25-22(27(38)32-28)16-29-35(25)23-10-8-9-17(3)19(23)5/h8-16H,6-7H2,1-5H3,(H,30,37)(H,31,32,38). The molecule has 3 aromatic heterocycles. The van der Waals surface area contributed by atoms with Crippen molar-refractivity contribution in [1.29, 1.82) is 0 Å². The lowest BCUT2D eigenvalue weighted by Crippen LogP contribution is -2.30. The number of nitrogens with one attached hydrogen (secondary N) is 2. The SMILES string of the molecule is CCN(CC)S(=O)(=O)c1ccc(C(=O)Nc2cc(C)nn2-c2nc3c(cnn3-c3cccc(C)c3C)c(=O)[nH]2)cc1. The van der Waals surface area contributed by atoms with E-state index in [2.05, 4.69) is 25.5 Å². The minimum absolute atomic E-state index is 0.0959. The van der Waals surface area contributed by atoms with E-state index in [-0.39, 0.29) is 22.2 Å². The first-order valence-electron chi connectivity index (χ1n) is 13.1. The van der Waals surface area contributed by atoms with Crippen LogP contribution in [0.3, 0.4) is 0 Å². The van der Waals surface area contributed by atoms with Crippen LogP contribution in [0.2, 0.25) is 0 Å². The summed E-state index contributed by atoms with van der Waals surface area (Å²) in [5, 5.41) is 11.9. The first-order valence-corrected chi connectivity index (χ1v) is 14.5. The minimum Gasteiger partial charge on any atom is -0.306 e. The van der Waals surface area contributed by atoms with Crippen molar-refractivity contribution in [3.05, 3.63) is 87.5 Å². The number of hydrogen-bond acceptors (Lipinski definition) is 7. The molecule has 0 spiro atoms. The van der Waals surface area contributed by atoms with Gasteiger partial charge in [0, 0.05) is 24.7 Å². The van der Waals surface area contributed by atoms with E-state index >= 15 is 0 Å². The summed E-state index contributed by atoms with van der Waals surface area (Å²) >= 11 is 0. The van der Waals surface area contributed by atoms with Gasteiger partial charge in [0.15, 0.2) is 5.65 Å². The highest BCUT2D eigenvalue weighted by molar-refractivity contribution is 7.89. The molecule has 212 valence electrons. The fourth-order valence-corrected chi connectivity index (χ4v) is 6.04. The number of sulfonamides is 1. The van der Waals surface area contributed by atoms with E-state index in [1.54, 1.807) is 31.5 Å². The molecule has 0 bridgehead atoms. The van der Waals surface area contributed by atoms with Crippen LogP contribution in [0.25, 0.3) is 22.7 Å². The van der Waals surface area contributed by atoms with E-state index < -0.39 is 21.5 Å². The molecule has 0 radical (unpaired) electrons. The molecule has 3 heterocycles. The molecule has 13 heteroatoms. The number of aryl methyl sites for hydroxylation is 2. The number of carbonyl (C=O) groups excluding carboxylic acids is 1. The van der Waals surface area contributed by atoms with Crippen molar-refractivity contribution < 1.29 is 13.2 Å². The summed E-state index contributed by atoms with van der Waals surface area (Å²) in [6.45, 7) is 9.94. The zero-order valence-corrected chi connectivity index (χ0v) is 24.2. The van der Waals surface area contributed by atoms with Gasteiger partial charge in [-0.05, 0) is 62.2 Å². The molecule has 0 aliphatic heterocycles. The summed E-state index contributed by atoms with van der Waals surface area (Å²) in [6, 6.07) is 13.2. The zero-order chi connectivity index (χ0) is 29.5. The molecule has 0 saturated carbocycles. The molecule has 5 aromatic rings. The van der Waals surface area contributed by atoms with Crippen molar-refractivity contribution in [2.45, 2.75) is 39.5 Å². The lowest BCUT2D eigenvalue weighted by molar-refractivity contribution is 0.102. The molecule has 0 aliphatic carbocycles. The molecule has 0 aliphatic rings. The molecule has 0 atom stereocenters. The Labute approximate surface area is 236 Å². The van der Waals surface area contributed by atoms with Crippen LogP contribution in [0.1, 0.15) is 41.0 Å². The van der Waals surface area contributed by atoms with Gasteiger partial charge in [0.25, 0.3) is 11.5 Å². The molecule has 0 fully saturated rings. The highest BCUT2D eigenvalue weighted by Gasteiger charge is 2.22. The Morgan fingerprint density at radius 2 is 1.73 bits per heavy atom. The number of amides is 1. The van der Waals surface area contributed by atoms with E-state index in [9.17, 15) is 18.0 Å². The molecule has 2 aromatic carbocycles. The van der Waals surface area contributed by atoms with E-state index in [0.29, 0.717) is 29.8 Å². The van der Waals surface area contributed by atoms with Gasteiger partial charge in [-0.15, -0.1) is 0 Å². The number of aromatic nitrogens is 6. The Morgan fingerprint density at radius 1 is 1.02 bits per heavy atom. The summed E-state index contributed by atoms with van der Waals surface area (Å²) in [6.07, 6.45) is 1.47. The molecule has 1 amide bonds. The Hall–Kier alpha value is -4.62. The summed E-state index contributed by atoms with van der Waals surface area (Å²) in [7, 11) is -3.65. The summed E-state index contributed by atoms with van der Waals surface area (Å²) in [4.78, 5) is 33.6. The first-order chi connectivity index (χ1) is 19.5. The second-order valence-electron chi connectivity index (χ2n) is 9.55. The van der Waals surface area contributed by atoms with Crippen molar-refractivity contribution in [3.63, 3.8) is 0 Å². The predicted molar refractivity (Wildman–Crippen MR) is 155 cm³/mol. The second-order valence-corrected chi connectivity index (χ2v) is 11.5. The Morgan fingerprint density at radius 3 is 2.41 bits per heavy atom. The predicted octanol–water partition coefficient (Wildman–Crippen LogP) is 3.50. The lowest BCUT2D eigenvalue weighted by atomic mass is 10.1. The number of anilines is 1. The summed E-state index contributed by atoms with van der Waals surface area (Å²) in [5.41, 5.74) is 3.62. The van der Waals surface area contributed by atoms with Gasteiger partial charge >= 0.3 is 0 Å². The normalized spacial score (nSPS) is 11.9. The number of rotatable bonds is 8. The van der Waals surface area contributed by atoms with Gasteiger partial charge in [0.05, 0.1) is 22.5 Å². The number of aromatic amines is 1. The molecule has 0 unspecified atom stereocenters. The zero-order valence-electron chi connectivity index (χ0n) is 23.3. The van der Waals surface area contributed by atoms with Crippen LogP contribution in [0.15, 0.2) is 64.4 Å². The number of fused-ring (bicyclic) bond motifs is 1. The van der Waals surface area contributed by atoms with E-state index in [0.717, 1.165) is 16.8 Å². The number of carbonyl (C=O) groups is 1. The van der Waals surface area contributed by atoms with Crippen molar-refractivity contribution in [2.75, 3.05) is 18.4 Å². The topological polar surface area (TPSA) is 148 Å². The minimum atomic E-state index is -3.65. The molecule has 5 rings (SSSR count). The van der Waals surface area contributed by atoms with Crippen LogP contribution in [0.5, 0.6) is 0 Å². The van der Waals surface area contributed by atoms with Crippen molar-refractivity contribution in [1.82, 2.24) is 33.8 Å². The number of benzene rings is 2. The van der Waals surface area contributed by atoms with Crippen molar-refractivity contribution in [3.8, 4) is 11.6 Å². The monoisotopic (exact) mass is 574 g/mol. The van der Waals surface area contributed by atoms with Gasteiger partial charge in [0.2, 0.25) is 16.0 Å². The number of H-pyrrole nitrogens is 1. The van der Waals surface area contributed by atoms with Gasteiger partial charge < -0.3 is 5.32 Å². The van der Waals surface area contributed by atoms with Gasteiger partial charge in [-0.2, -0.15) is 24.2 Å². The maximum atomic E-state index is 13.1. The fourth-order valence-electron chi connectivity index (χ4n) is 4.58. The molecule has 41 heavy (non-hydrogen) atoms. The molecule has 12 nitrogen and oxygen atoms in total. The quantitative estimate of drug-likeness (QED) is 0.288. The molecule has 2 N–H and O–H groups in total.